The number of sulfone groups is 2. The average molecular weight is 467 g/mol. The Labute approximate surface area is 179 Å². The molecule has 0 aliphatic heterocycles. The molecule has 0 amide bonds. The molecule has 0 bridgehead atoms. The summed E-state index contributed by atoms with van der Waals surface area (Å²) in [5.41, 5.74) is -0.199. The summed E-state index contributed by atoms with van der Waals surface area (Å²) < 4.78 is 81.0. The quantitative estimate of drug-likeness (QED) is 0.545. The van der Waals surface area contributed by atoms with Gasteiger partial charge in [0.1, 0.15) is 5.82 Å². The molecule has 0 aromatic heterocycles. The Kier molecular flexibility index (Phi) is 6.59. The zero-order chi connectivity index (χ0) is 22.7. The Morgan fingerprint density at radius 2 is 1.26 bits per heavy atom. The second-order valence-electron chi connectivity index (χ2n) is 6.84. The van der Waals surface area contributed by atoms with Gasteiger partial charge in [-0.05, 0) is 48.4 Å². The van der Waals surface area contributed by atoms with Crippen LogP contribution in [0.2, 0.25) is 0 Å². The first kappa shape index (κ1) is 23.1. The highest BCUT2D eigenvalue weighted by atomic mass is 32.3. The minimum absolute atomic E-state index is 0.199. The van der Waals surface area contributed by atoms with Crippen LogP contribution < -0.4 is 0 Å². The molecule has 1 atom stereocenters. The highest BCUT2D eigenvalue weighted by Crippen LogP contribution is 2.48. The highest BCUT2D eigenvalue weighted by Gasteiger charge is 2.62. The zero-order valence-corrected chi connectivity index (χ0v) is 17.9. The summed E-state index contributed by atoms with van der Waals surface area (Å²) in [6, 6.07) is 17.1. The standard InChI is InChI=1S/C22H20F2O5S2/c23-18-9-7-8-17(16-18)21(14-15-25)22(24,30(26,27)19-10-3-1-4-11-19)31(28,29)20-12-5-2-6-13-20/h1-13,16,21,25H,14-15H2/t21-/m0/s1. The molecule has 1 N–H and O–H groups in total. The number of hydrogen-bond donors (Lipinski definition) is 1. The Morgan fingerprint density at radius 3 is 1.68 bits per heavy atom. The number of rotatable bonds is 8. The third-order valence-corrected chi connectivity index (χ3v) is 10.1. The monoisotopic (exact) mass is 466 g/mol. The van der Waals surface area contributed by atoms with Gasteiger partial charge in [-0.3, -0.25) is 0 Å². The molecule has 0 saturated carbocycles. The maximum absolute atomic E-state index is 17.0. The van der Waals surface area contributed by atoms with E-state index in [4.69, 9.17) is 0 Å². The zero-order valence-electron chi connectivity index (χ0n) is 16.2. The number of benzene rings is 3. The molecule has 3 rings (SSSR count). The molecule has 3 aromatic carbocycles. The Bertz CT molecular complexity index is 1180. The Morgan fingerprint density at radius 1 is 0.774 bits per heavy atom. The normalized spacial score (nSPS) is 13.6. The smallest absolute Gasteiger partial charge is 0.324 e. The lowest BCUT2D eigenvalue weighted by Crippen LogP contribution is -2.47. The molecule has 164 valence electrons. The van der Waals surface area contributed by atoms with Crippen molar-refractivity contribution in [1.29, 1.82) is 0 Å². The molecule has 0 heterocycles. The average Bonchev–Trinajstić information content (AvgIpc) is 2.78. The van der Waals surface area contributed by atoms with Gasteiger partial charge in [0.25, 0.3) is 0 Å². The minimum atomic E-state index is -5.18. The third-order valence-electron chi connectivity index (χ3n) is 4.92. The molecule has 0 unspecified atom stereocenters. The van der Waals surface area contributed by atoms with Gasteiger partial charge in [-0.1, -0.05) is 48.5 Å². The first-order valence-electron chi connectivity index (χ1n) is 9.31. The number of hydrogen-bond acceptors (Lipinski definition) is 5. The molecular weight excluding hydrogens is 446 g/mol. The molecule has 0 spiro atoms. The lowest BCUT2D eigenvalue weighted by atomic mass is 9.97. The fourth-order valence-corrected chi connectivity index (χ4v) is 8.09. The van der Waals surface area contributed by atoms with E-state index in [0.717, 1.165) is 36.4 Å². The van der Waals surface area contributed by atoms with E-state index in [-0.39, 0.29) is 5.56 Å². The molecule has 0 aliphatic carbocycles. The summed E-state index contributed by atoms with van der Waals surface area (Å²) >= 11 is 0. The lowest BCUT2D eigenvalue weighted by Gasteiger charge is -2.33. The topological polar surface area (TPSA) is 88.5 Å². The van der Waals surface area contributed by atoms with Crippen LogP contribution in [0.15, 0.2) is 94.7 Å². The third kappa shape index (κ3) is 4.00. The van der Waals surface area contributed by atoms with Crippen molar-refractivity contribution in [3.63, 3.8) is 0 Å². The first-order chi connectivity index (χ1) is 14.7. The van der Waals surface area contributed by atoms with E-state index in [2.05, 4.69) is 0 Å². The van der Waals surface area contributed by atoms with Gasteiger partial charge in [0, 0.05) is 6.61 Å². The first-order valence-corrected chi connectivity index (χ1v) is 12.3. The number of aliphatic hydroxyl groups excluding tert-OH is 1. The van der Waals surface area contributed by atoms with Gasteiger partial charge in [-0.2, -0.15) is 0 Å². The molecule has 31 heavy (non-hydrogen) atoms. The fraction of sp³-hybridized carbons (Fsp3) is 0.182. The Balaban J connectivity index is 2.38. The van der Waals surface area contributed by atoms with Crippen LogP contribution in [0, 0.1) is 5.82 Å². The molecule has 9 heteroatoms. The predicted molar refractivity (Wildman–Crippen MR) is 112 cm³/mol. The van der Waals surface area contributed by atoms with E-state index in [0.29, 0.717) is 0 Å². The predicted octanol–water partition coefficient (Wildman–Crippen LogP) is 3.86. The summed E-state index contributed by atoms with van der Waals surface area (Å²) in [5.74, 6) is -2.69. The summed E-state index contributed by atoms with van der Waals surface area (Å²) in [7, 11) is -10.4. The van der Waals surface area contributed by atoms with Gasteiger partial charge in [0.2, 0.25) is 19.7 Å². The van der Waals surface area contributed by atoms with E-state index in [1.165, 1.54) is 48.5 Å². The van der Waals surface area contributed by atoms with Gasteiger partial charge in [0.05, 0.1) is 15.7 Å². The summed E-state index contributed by atoms with van der Waals surface area (Å²) in [4.78, 5) is -1.09. The maximum Gasteiger partial charge on any atom is 0.324 e. The molecule has 5 nitrogen and oxygen atoms in total. The van der Waals surface area contributed by atoms with E-state index >= 15 is 4.39 Å². The highest BCUT2D eigenvalue weighted by molar-refractivity contribution is 8.10. The van der Waals surface area contributed by atoms with Crippen LogP contribution in [0.1, 0.15) is 17.9 Å². The van der Waals surface area contributed by atoms with Crippen molar-refractivity contribution >= 4 is 19.7 Å². The molecule has 0 aliphatic rings. The minimum Gasteiger partial charge on any atom is -0.396 e. The van der Waals surface area contributed by atoms with Crippen molar-refractivity contribution in [3.8, 4) is 0 Å². The Hall–Kier alpha value is -2.62. The van der Waals surface area contributed by atoms with Crippen molar-refractivity contribution in [2.45, 2.75) is 26.5 Å². The van der Waals surface area contributed by atoms with Gasteiger partial charge >= 0.3 is 4.33 Å². The van der Waals surface area contributed by atoms with E-state index < -0.39 is 58.6 Å². The molecule has 3 aromatic rings. The molecular formula is C22H20F2O5S2. The molecule has 0 saturated heterocycles. The van der Waals surface area contributed by atoms with Gasteiger partial charge in [-0.25, -0.2) is 25.6 Å². The van der Waals surface area contributed by atoms with Crippen LogP contribution in [0.4, 0.5) is 8.78 Å². The summed E-state index contributed by atoms with van der Waals surface area (Å²) in [5, 5.41) is 9.55. The van der Waals surface area contributed by atoms with Crippen molar-refractivity contribution in [2.75, 3.05) is 6.61 Å². The van der Waals surface area contributed by atoms with E-state index in [1.54, 1.807) is 0 Å². The van der Waals surface area contributed by atoms with Crippen LogP contribution in [-0.4, -0.2) is 32.9 Å². The fourth-order valence-electron chi connectivity index (χ4n) is 3.43. The van der Waals surface area contributed by atoms with Crippen LogP contribution in [0.3, 0.4) is 0 Å². The van der Waals surface area contributed by atoms with E-state index in [9.17, 15) is 26.3 Å². The van der Waals surface area contributed by atoms with Gasteiger partial charge in [0.15, 0.2) is 0 Å². The maximum atomic E-state index is 17.0. The van der Waals surface area contributed by atoms with Crippen molar-refractivity contribution < 1.29 is 30.7 Å². The second-order valence-corrected chi connectivity index (χ2v) is 11.2. The summed E-state index contributed by atoms with van der Waals surface area (Å²) in [6.07, 6.45) is -0.571. The van der Waals surface area contributed by atoms with Crippen LogP contribution >= 0.6 is 0 Å². The van der Waals surface area contributed by atoms with Crippen LogP contribution in [0.5, 0.6) is 0 Å². The van der Waals surface area contributed by atoms with Crippen molar-refractivity contribution in [2.24, 2.45) is 0 Å². The lowest BCUT2D eigenvalue weighted by molar-refractivity contribution is 0.232. The SMILES string of the molecule is O=S(=O)(c1ccccc1)C(F)([C@@H](CCO)c1cccc(F)c1)S(=O)(=O)c1ccccc1. The van der Waals surface area contributed by atoms with Crippen LogP contribution in [-0.2, 0) is 19.7 Å². The van der Waals surface area contributed by atoms with Gasteiger partial charge in [-0.15, -0.1) is 0 Å². The van der Waals surface area contributed by atoms with Crippen molar-refractivity contribution in [1.82, 2.24) is 0 Å². The number of alkyl halides is 1. The van der Waals surface area contributed by atoms with E-state index in [1.807, 2.05) is 0 Å². The largest absolute Gasteiger partial charge is 0.396 e. The second kappa shape index (κ2) is 8.86. The van der Waals surface area contributed by atoms with Gasteiger partial charge < -0.3 is 5.11 Å². The van der Waals surface area contributed by atoms with Crippen LogP contribution in [0.25, 0.3) is 0 Å². The number of aliphatic hydroxyl groups is 1. The number of halogens is 2. The molecule has 0 fully saturated rings. The van der Waals surface area contributed by atoms with Crippen molar-refractivity contribution in [3.05, 3.63) is 96.3 Å². The summed E-state index contributed by atoms with van der Waals surface area (Å²) in [6.45, 7) is -0.721. The molecule has 0 radical (unpaired) electrons.